The number of rotatable bonds is 7. The molecule has 1 heterocycles. The van der Waals surface area contributed by atoms with Crippen LogP contribution in [0.2, 0.25) is 0 Å². The van der Waals surface area contributed by atoms with Gasteiger partial charge in [0.2, 0.25) is 0 Å². The molecule has 2 aromatic rings. The molecule has 0 amide bonds. The van der Waals surface area contributed by atoms with Crippen molar-refractivity contribution in [2.45, 2.75) is 51.4 Å². The van der Waals surface area contributed by atoms with Crippen LogP contribution < -0.4 is 0 Å². The third kappa shape index (κ3) is 4.16. The van der Waals surface area contributed by atoms with Gasteiger partial charge >= 0.3 is 5.97 Å². The minimum atomic E-state index is -0.851. The molecule has 2 atom stereocenters. The van der Waals surface area contributed by atoms with Gasteiger partial charge in [0.25, 0.3) is 0 Å². The van der Waals surface area contributed by atoms with Crippen molar-refractivity contribution in [2.24, 2.45) is 11.3 Å². The Hall–Kier alpha value is -2.72. The maximum Gasteiger partial charge on any atom is 0.335 e. The summed E-state index contributed by atoms with van der Waals surface area (Å²) >= 11 is 0. The first-order valence-corrected chi connectivity index (χ1v) is 13.3. The monoisotopic (exact) mass is 471 g/mol. The summed E-state index contributed by atoms with van der Waals surface area (Å²) in [5.74, 6) is -0.00797. The molecule has 3 nitrogen and oxygen atoms in total. The molecule has 3 fully saturated rings. The Labute approximate surface area is 207 Å². The number of fused-ring (bicyclic) bond motifs is 2. The van der Waals surface area contributed by atoms with Crippen LogP contribution in [0.5, 0.6) is 0 Å². The molecule has 35 heavy (non-hydrogen) atoms. The highest BCUT2D eigenvalue weighted by molar-refractivity contribution is 5.91. The van der Waals surface area contributed by atoms with Gasteiger partial charge in [0.15, 0.2) is 0 Å². The zero-order valence-electron chi connectivity index (χ0n) is 20.4. The number of nitrogens with zero attached hydrogens (tertiary/aromatic N) is 1. The average molecular weight is 472 g/mol. The van der Waals surface area contributed by atoms with Crippen LogP contribution in [0.15, 0.2) is 53.6 Å². The number of alkyl halides is 1. The molecule has 182 valence electrons. The zero-order valence-corrected chi connectivity index (χ0v) is 20.4. The highest BCUT2D eigenvalue weighted by atomic mass is 19.1. The molecular formula is C31H34FNO2. The highest BCUT2D eigenvalue weighted by Gasteiger charge is 2.59. The van der Waals surface area contributed by atoms with E-state index in [1.165, 1.54) is 59.1 Å². The van der Waals surface area contributed by atoms with Crippen LogP contribution in [-0.4, -0.2) is 42.3 Å². The van der Waals surface area contributed by atoms with E-state index in [9.17, 15) is 14.3 Å². The minimum absolute atomic E-state index is 0.238. The van der Waals surface area contributed by atoms with Gasteiger partial charge in [-0.15, -0.1) is 0 Å². The van der Waals surface area contributed by atoms with Crippen molar-refractivity contribution in [3.63, 3.8) is 0 Å². The van der Waals surface area contributed by atoms with Crippen molar-refractivity contribution in [1.82, 2.24) is 4.90 Å². The first kappa shape index (κ1) is 22.7. The van der Waals surface area contributed by atoms with Crippen molar-refractivity contribution < 1.29 is 14.3 Å². The number of carbonyl (C=O) groups is 1. The summed E-state index contributed by atoms with van der Waals surface area (Å²) in [7, 11) is 0. The molecule has 4 heteroatoms. The summed E-state index contributed by atoms with van der Waals surface area (Å²) in [4.78, 5) is 13.9. The van der Waals surface area contributed by atoms with E-state index in [1.54, 1.807) is 11.6 Å². The lowest BCUT2D eigenvalue weighted by molar-refractivity contribution is 0.0696. The second-order valence-electron chi connectivity index (χ2n) is 11.0. The van der Waals surface area contributed by atoms with Gasteiger partial charge in [-0.1, -0.05) is 48.4 Å². The molecule has 4 aliphatic rings. The summed E-state index contributed by atoms with van der Waals surface area (Å²) in [5.41, 5.74) is 10.1. The number of halogens is 1. The molecule has 1 aliphatic heterocycles. The lowest BCUT2D eigenvalue weighted by Crippen LogP contribution is -2.40. The fourth-order valence-electron chi connectivity index (χ4n) is 7.04. The highest BCUT2D eigenvalue weighted by Crippen LogP contribution is 2.70. The molecule has 2 aromatic carbocycles. The first-order chi connectivity index (χ1) is 17.1. The maximum absolute atomic E-state index is 12.4. The standard InChI is InChI=1S/C31H34FNO2/c32-14-3-15-33-19-22(20-33)16-21-7-9-23(10-8-21)29-27-12-11-25(30(34)35)17-24(27)4-1-6-28(29)31-13-2-5-26(31)18-31/h7-12,16-17,26H,1-6,13-15,18-20H2,(H,34,35). The van der Waals surface area contributed by atoms with Crippen LogP contribution in [0.4, 0.5) is 4.39 Å². The van der Waals surface area contributed by atoms with E-state index in [0.29, 0.717) is 17.4 Å². The quantitative estimate of drug-likeness (QED) is 0.484. The summed E-state index contributed by atoms with van der Waals surface area (Å²) in [6, 6.07) is 14.7. The van der Waals surface area contributed by atoms with E-state index in [-0.39, 0.29) is 6.67 Å². The molecule has 6 rings (SSSR count). The Morgan fingerprint density at radius 2 is 1.94 bits per heavy atom. The number of hydrogen-bond donors (Lipinski definition) is 1. The van der Waals surface area contributed by atoms with Crippen molar-refractivity contribution in [1.29, 1.82) is 0 Å². The number of allylic oxidation sites excluding steroid dienone is 1. The van der Waals surface area contributed by atoms with Gasteiger partial charge in [0.1, 0.15) is 0 Å². The molecular weight excluding hydrogens is 437 g/mol. The van der Waals surface area contributed by atoms with Crippen LogP contribution in [0, 0.1) is 11.3 Å². The fraction of sp³-hybridized carbons (Fsp3) is 0.452. The molecule has 2 unspecified atom stereocenters. The average Bonchev–Trinajstić information content (AvgIpc) is 3.46. The molecule has 0 spiro atoms. The van der Waals surface area contributed by atoms with E-state index in [0.717, 1.165) is 44.8 Å². The molecule has 0 radical (unpaired) electrons. The van der Waals surface area contributed by atoms with Crippen LogP contribution in [-0.2, 0) is 6.42 Å². The maximum atomic E-state index is 12.4. The largest absolute Gasteiger partial charge is 0.478 e. The second kappa shape index (κ2) is 9.05. The van der Waals surface area contributed by atoms with Crippen LogP contribution in [0.25, 0.3) is 11.6 Å². The normalized spacial score (nSPS) is 25.5. The van der Waals surface area contributed by atoms with Gasteiger partial charge in [0.05, 0.1) is 12.2 Å². The third-order valence-electron chi connectivity index (χ3n) is 8.84. The molecule has 2 saturated carbocycles. The molecule has 1 saturated heterocycles. The number of hydrogen-bond acceptors (Lipinski definition) is 2. The van der Waals surface area contributed by atoms with E-state index >= 15 is 0 Å². The molecule has 0 aromatic heterocycles. The fourth-order valence-corrected chi connectivity index (χ4v) is 7.04. The van der Waals surface area contributed by atoms with E-state index < -0.39 is 5.97 Å². The Morgan fingerprint density at radius 1 is 1.11 bits per heavy atom. The number of aromatic carboxylic acids is 1. The van der Waals surface area contributed by atoms with Gasteiger partial charge in [-0.3, -0.25) is 9.29 Å². The number of benzene rings is 2. The SMILES string of the molecule is O=C(O)c1ccc2c(c1)CCCC(C13CCCC1C3)=C2c1ccc(C=C2CN(CCCF)C2)cc1. The lowest BCUT2D eigenvalue weighted by Gasteiger charge is -2.33. The van der Waals surface area contributed by atoms with Gasteiger partial charge in [-0.25, -0.2) is 4.79 Å². The zero-order chi connectivity index (χ0) is 24.0. The van der Waals surface area contributed by atoms with Crippen molar-refractivity contribution >= 4 is 17.6 Å². The van der Waals surface area contributed by atoms with Gasteiger partial charge < -0.3 is 5.11 Å². The Bertz CT molecular complexity index is 1200. The van der Waals surface area contributed by atoms with Gasteiger partial charge in [-0.2, -0.15) is 0 Å². The van der Waals surface area contributed by atoms with E-state index in [2.05, 4.69) is 41.3 Å². The molecule has 1 N–H and O–H groups in total. The first-order valence-electron chi connectivity index (χ1n) is 13.3. The number of carboxylic acid groups (broad SMARTS) is 1. The Kier molecular flexibility index (Phi) is 5.88. The van der Waals surface area contributed by atoms with Crippen LogP contribution in [0.3, 0.4) is 0 Å². The summed E-state index contributed by atoms with van der Waals surface area (Å²) in [6.07, 6.45) is 11.4. The predicted molar refractivity (Wildman–Crippen MR) is 138 cm³/mol. The van der Waals surface area contributed by atoms with Gasteiger partial charge in [0, 0.05) is 19.6 Å². The van der Waals surface area contributed by atoms with Gasteiger partial charge in [-0.05, 0) is 102 Å². The number of likely N-dealkylation sites (tertiary alicyclic amines) is 1. The number of carboxylic acids is 1. The summed E-state index contributed by atoms with van der Waals surface area (Å²) in [5, 5.41) is 9.56. The lowest BCUT2D eigenvalue weighted by atomic mass is 9.81. The van der Waals surface area contributed by atoms with Crippen molar-refractivity contribution in [3.8, 4) is 0 Å². The van der Waals surface area contributed by atoms with Crippen LogP contribution >= 0.6 is 0 Å². The second-order valence-corrected chi connectivity index (χ2v) is 11.0. The Balaban J connectivity index is 1.35. The van der Waals surface area contributed by atoms with E-state index in [4.69, 9.17) is 0 Å². The minimum Gasteiger partial charge on any atom is -0.478 e. The van der Waals surface area contributed by atoms with E-state index in [1.807, 2.05) is 6.07 Å². The third-order valence-corrected chi connectivity index (χ3v) is 8.84. The topological polar surface area (TPSA) is 40.5 Å². The summed E-state index contributed by atoms with van der Waals surface area (Å²) in [6.45, 7) is 2.49. The number of aryl methyl sites for hydroxylation is 1. The van der Waals surface area contributed by atoms with Crippen molar-refractivity contribution in [3.05, 3.63) is 81.4 Å². The molecule has 3 aliphatic carbocycles. The summed E-state index contributed by atoms with van der Waals surface area (Å²) < 4.78 is 12.4. The molecule has 0 bridgehead atoms. The van der Waals surface area contributed by atoms with Crippen LogP contribution in [0.1, 0.15) is 77.6 Å². The Morgan fingerprint density at radius 3 is 2.63 bits per heavy atom. The predicted octanol–water partition coefficient (Wildman–Crippen LogP) is 6.77. The smallest absolute Gasteiger partial charge is 0.335 e. The van der Waals surface area contributed by atoms with Crippen molar-refractivity contribution in [2.75, 3.05) is 26.3 Å².